The Kier molecular flexibility index (Phi) is 3.62. The lowest BCUT2D eigenvalue weighted by molar-refractivity contribution is -0.129. The summed E-state index contributed by atoms with van der Waals surface area (Å²) in [5, 5.41) is 3.19. The molecule has 1 aliphatic carbocycles. The van der Waals surface area contributed by atoms with Gasteiger partial charge in [0.2, 0.25) is 5.91 Å². The van der Waals surface area contributed by atoms with E-state index in [0.717, 1.165) is 18.2 Å². The van der Waals surface area contributed by atoms with Gasteiger partial charge in [0.25, 0.3) is 0 Å². The van der Waals surface area contributed by atoms with Crippen molar-refractivity contribution >= 4 is 5.91 Å². The zero-order chi connectivity index (χ0) is 11.4. The summed E-state index contributed by atoms with van der Waals surface area (Å²) in [7, 11) is 1.80. The van der Waals surface area contributed by atoms with E-state index in [-0.39, 0.29) is 5.91 Å². The fraction of sp³-hybridized carbons (Fsp3) is 0.583. The second-order valence-electron chi connectivity index (χ2n) is 4.40. The predicted molar refractivity (Wildman–Crippen MR) is 60.8 cm³/mol. The lowest BCUT2D eigenvalue weighted by Gasteiger charge is -2.15. The molecule has 0 spiro atoms. The van der Waals surface area contributed by atoms with Crippen molar-refractivity contribution in [1.82, 2.24) is 10.2 Å². The molecule has 2 rings (SSSR count). The molecule has 4 heteroatoms. The van der Waals surface area contributed by atoms with Gasteiger partial charge in [-0.15, -0.1) is 0 Å². The SMILES string of the molecule is CN(Cc1ccco1)C(=O)CNCC1CC1. The number of amides is 1. The molecule has 0 bridgehead atoms. The van der Waals surface area contributed by atoms with E-state index >= 15 is 0 Å². The summed E-state index contributed by atoms with van der Waals surface area (Å²) < 4.78 is 5.19. The summed E-state index contributed by atoms with van der Waals surface area (Å²) >= 11 is 0. The standard InChI is InChI=1S/C12H18N2O2/c1-14(9-11-3-2-6-16-11)12(15)8-13-7-10-4-5-10/h2-3,6,10,13H,4-5,7-9H2,1H3. The molecule has 0 aliphatic heterocycles. The van der Waals surface area contributed by atoms with E-state index in [4.69, 9.17) is 4.42 Å². The van der Waals surface area contributed by atoms with Crippen molar-refractivity contribution in [3.63, 3.8) is 0 Å². The largest absolute Gasteiger partial charge is 0.467 e. The van der Waals surface area contributed by atoms with Crippen LogP contribution >= 0.6 is 0 Å². The van der Waals surface area contributed by atoms with Gasteiger partial charge in [-0.25, -0.2) is 0 Å². The normalized spacial score (nSPS) is 15.1. The molecule has 0 aromatic carbocycles. The minimum atomic E-state index is 0.108. The van der Waals surface area contributed by atoms with Gasteiger partial charge >= 0.3 is 0 Å². The van der Waals surface area contributed by atoms with Crippen molar-refractivity contribution in [3.05, 3.63) is 24.2 Å². The third kappa shape index (κ3) is 3.38. The van der Waals surface area contributed by atoms with Crippen molar-refractivity contribution in [2.24, 2.45) is 5.92 Å². The van der Waals surface area contributed by atoms with E-state index in [0.29, 0.717) is 13.1 Å². The zero-order valence-electron chi connectivity index (χ0n) is 9.61. The number of rotatable bonds is 6. The highest BCUT2D eigenvalue weighted by atomic mass is 16.3. The summed E-state index contributed by atoms with van der Waals surface area (Å²) in [4.78, 5) is 13.4. The van der Waals surface area contributed by atoms with Crippen molar-refractivity contribution in [2.75, 3.05) is 20.1 Å². The first-order valence-corrected chi connectivity index (χ1v) is 5.73. The van der Waals surface area contributed by atoms with Gasteiger partial charge in [0, 0.05) is 7.05 Å². The van der Waals surface area contributed by atoms with Crippen LogP contribution in [0.3, 0.4) is 0 Å². The van der Waals surface area contributed by atoms with E-state index in [1.54, 1.807) is 18.2 Å². The molecule has 16 heavy (non-hydrogen) atoms. The number of hydrogen-bond donors (Lipinski definition) is 1. The molecule has 88 valence electrons. The molecular formula is C12H18N2O2. The Morgan fingerprint density at radius 1 is 1.62 bits per heavy atom. The quantitative estimate of drug-likeness (QED) is 0.787. The van der Waals surface area contributed by atoms with Crippen LogP contribution in [0, 0.1) is 5.92 Å². The fourth-order valence-electron chi connectivity index (χ4n) is 1.56. The third-order valence-electron chi connectivity index (χ3n) is 2.81. The van der Waals surface area contributed by atoms with Gasteiger partial charge in [0.1, 0.15) is 5.76 Å². The molecule has 1 heterocycles. The van der Waals surface area contributed by atoms with Gasteiger partial charge in [-0.2, -0.15) is 0 Å². The summed E-state index contributed by atoms with van der Waals surface area (Å²) in [5.41, 5.74) is 0. The number of furan rings is 1. The molecule has 1 aliphatic rings. The fourth-order valence-corrected chi connectivity index (χ4v) is 1.56. The lowest BCUT2D eigenvalue weighted by atomic mass is 10.4. The van der Waals surface area contributed by atoms with Crippen LogP contribution < -0.4 is 5.32 Å². The molecule has 4 nitrogen and oxygen atoms in total. The Labute approximate surface area is 95.6 Å². The summed E-state index contributed by atoms with van der Waals surface area (Å²) in [6, 6.07) is 3.71. The Hall–Kier alpha value is -1.29. The summed E-state index contributed by atoms with van der Waals surface area (Å²) in [5.74, 6) is 1.73. The summed E-state index contributed by atoms with van der Waals surface area (Å²) in [6.45, 7) is 1.94. The molecule has 0 saturated heterocycles. The van der Waals surface area contributed by atoms with E-state index in [9.17, 15) is 4.79 Å². The number of likely N-dealkylation sites (N-methyl/N-ethyl adjacent to an activating group) is 1. The van der Waals surface area contributed by atoms with Gasteiger partial charge in [0.05, 0.1) is 19.4 Å². The minimum Gasteiger partial charge on any atom is -0.467 e. The number of carbonyl (C=O) groups excluding carboxylic acids is 1. The molecule has 0 unspecified atom stereocenters. The van der Waals surface area contributed by atoms with Crippen molar-refractivity contribution in [3.8, 4) is 0 Å². The van der Waals surface area contributed by atoms with E-state index in [2.05, 4.69) is 5.32 Å². The molecule has 1 fully saturated rings. The maximum absolute atomic E-state index is 11.7. The first-order valence-electron chi connectivity index (χ1n) is 5.73. The van der Waals surface area contributed by atoms with Gasteiger partial charge < -0.3 is 14.6 Å². The average molecular weight is 222 g/mol. The molecule has 0 radical (unpaired) electrons. The number of carbonyl (C=O) groups is 1. The van der Waals surface area contributed by atoms with E-state index in [1.807, 2.05) is 12.1 Å². The van der Waals surface area contributed by atoms with Gasteiger partial charge in [0.15, 0.2) is 0 Å². The van der Waals surface area contributed by atoms with Crippen LogP contribution in [-0.2, 0) is 11.3 Å². The van der Waals surface area contributed by atoms with Crippen LogP contribution in [0.5, 0.6) is 0 Å². The Morgan fingerprint density at radius 3 is 3.06 bits per heavy atom. The highest BCUT2D eigenvalue weighted by Gasteiger charge is 2.21. The second-order valence-corrected chi connectivity index (χ2v) is 4.40. The molecule has 1 amide bonds. The van der Waals surface area contributed by atoms with Crippen molar-refractivity contribution in [1.29, 1.82) is 0 Å². The lowest BCUT2D eigenvalue weighted by Crippen LogP contribution is -2.35. The zero-order valence-corrected chi connectivity index (χ0v) is 9.61. The van der Waals surface area contributed by atoms with Crippen LogP contribution in [0.2, 0.25) is 0 Å². The maximum Gasteiger partial charge on any atom is 0.236 e. The average Bonchev–Trinajstić information content (AvgIpc) is 2.95. The van der Waals surface area contributed by atoms with E-state index < -0.39 is 0 Å². The van der Waals surface area contributed by atoms with Crippen LogP contribution in [0.1, 0.15) is 18.6 Å². The smallest absolute Gasteiger partial charge is 0.236 e. The molecule has 1 saturated carbocycles. The maximum atomic E-state index is 11.7. The Bertz CT molecular complexity index is 331. The van der Waals surface area contributed by atoms with Crippen molar-refractivity contribution in [2.45, 2.75) is 19.4 Å². The van der Waals surface area contributed by atoms with Gasteiger partial charge in [-0.1, -0.05) is 0 Å². The predicted octanol–water partition coefficient (Wildman–Crippen LogP) is 1.24. The van der Waals surface area contributed by atoms with Crippen LogP contribution in [0.15, 0.2) is 22.8 Å². The minimum absolute atomic E-state index is 0.108. The van der Waals surface area contributed by atoms with Gasteiger partial charge in [-0.05, 0) is 37.4 Å². The van der Waals surface area contributed by atoms with Gasteiger partial charge in [-0.3, -0.25) is 4.79 Å². The topological polar surface area (TPSA) is 45.5 Å². The molecule has 0 atom stereocenters. The summed E-state index contributed by atoms with van der Waals surface area (Å²) in [6.07, 6.45) is 4.24. The van der Waals surface area contributed by atoms with Crippen LogP contribution in [0.4, 0.5) is 0 Å². The highest BCUT2D eigenvalue weighted by Crippen LogP contribution is 2.27. The first kappa shape index (κ1) is 11.2. The molecular weight excluding hydrogens is 204 g/mol. The Morgan fingerprint density at radius 2 is 2.44 bits per heavy atom. The third-order valence-corrected chi connectivity index (χ3v) is 2.81. The number of nitrogens with zero attached hydrogens (tertiary/aromatic N) is 1. The second kappa shape index (κ2) is 5.16. The molecule has 1 aromatic heterocycles. The van der Waals surface area contributed by atoms with Crippen molar-refractivity contribution < 1.29 is 9.21 Å². The molecule has 1 N–H and O–H groups in total. The molecule has 1 aromatic rings. The number of hydrogen-bond acceptors (Lipinski definition) is 3. The van der Waals surface area contributed by atoms with Crippen LogP contribution in [0.25, 0.3) is 0 Å². The van der Waals surface area contributed by atoms with E-state index in [1.165, 1.54) is 12.8 Å². The van der Waals surface area contributed by atoms with Crippen LogP contribution in [-0.4, -0.2) is 30.9 Å². The highest BCUT2D eigenvalue weighted by molar-refractivity contribution is 5.77. The first-order chi connectivity index (χ1) is 7.75. The monoisotopic (exact) mass is 222 g/mol. The Balaban J connectivity index is 1.66. The number of nitrogens with one attached hydrogen (secondary N) is 1.